The Hall–Kier alpha value is -2.70. The number of phenols is 1. The van der Waals surface area contributed by atoms with Crippen molar-refractivity contribution >= 4 is 5.91 Å². The van der Waals surface area contributed by atoms with Crippen LogP contribution >= 0.6 is 0 Å². The van der Waals surface area contributed by atoms with Gasteiger partial charge in [0.15, 0.2) is 0 Å². The monoisotopic (exact) mass is 325 g/mol. The Balaban J connectivity index is 1.85. The first-order chi connectivity index (χ1) is 10.8. The number of amides is 1. The number of carbonyl (C=O) groups excluding carboxylic acids is 1. The maximum atomic E-state index is 12.0. The Bertz CT molecular complexity index is 669. The van der Waals surface area contributed by atoms with E-state index in [2.05, 4.69) is 10.1 Å². The predicted molar refractivity (Wildman–Crippen MR) is 77.3 cm³/mol. The molecule has 0 atom stereocenters. The number of halogens is 3. The van der Waals surface area contributed by atoms with Crippen LogP contribution in [0, 0.1) is 0 Å². The molecular formula is C16H14F3NO3. The molecule has 0 aliphatic carbocycles. The number of nitrogens with one attached hydrogen (secondary N) is 1. The highest BCUT2D eigenvalue weighted by molar-refractivity contribution is 5.96. The zero-order valence-electron chi connectivity index (χ0n) is 11.9. The van der Waals surface area contributed by atoms with Crippen LogP contribution in [-0.4, -0.2) is 23.9 Å². The first-order valence-corrected chi connectivity index (χ1v) is 6.76. The molecule has 0 bridgehead atoms. The fraction of sp³-hybridized carbons (Fsp3) is 0.188. The van der Waals surface area contributed by atoms with Crippen molar-refractivity contribution < 1.29 is 27.8 Å². The minimum absolute atomic E-state index is 0.112. The molecule has 122 valence electrons. The van der Waals surface area contributed by atoms with Crippen molar-refractivity contribution in [3.63, 3.8) is 0 Å². The summed E-state index contributed by atoms with van der Waals surface area (Å²) in [7, 11) is 0. The molecule has 23 heavy (non-hydrogen) atoms. The van der Waals surface area contributed by atoms with Gasteiger partial charge >= 0.3 is 6.36 Å². The molecule has 2 aromatic rings. The normalized spacial score (nSPS) is 11.1. The van der Waals surface area contributed by atoms with Crippen molar-refractivity contribution in [2.45, 2.75) is 12.8 Å². The van der Waals surface area contributed by atoms with Gasteiger partial charge < -0.3 is 15.2 Å². The molecule has 0 aromatic heterocycles. The number of hydrogen-bond acceptors (Lipinski definition) is 3. The molecule has 0 radical (unpaired) electrons. The Kier molecular flexibility index (Phi) is 5.10. The van der Waals surface area contributed by atoms with Crippen LogP contribution in [0.25, 0.3) is 0 Å². The number of carbonyl (C=O) groups is 1. The lowest BCUT2D eigenvalue weighted by atomic mass is 10.1. The number of benzene rings is 2. The third-order valence-corrected chi connectivity index (χ3v) is 3.00. The van der Waals surface area contributed by atoms with E-state index in [0.29, 0.717) is 6.42 Å². The van der Waals surface area contributed by atoms with Gasteiger partial charge in [-0.1, -0.05) is 24.3 Å². The molecule has 2 aromatic carbocycles. The van der Waals surface area contributed by atoms with Crippen molar-refractivity contribution in [2.75, 3.05) is 6.54 Å². The Morgan fingerprint density at radius 1 is 1.09 bits per heavy atom. The van der Waals surface area contributed by atoms with Gasteiger partial charge in [0.05, 0.1) is 5.56 Å². The predicted octanol–water partition coefficient (Wildman–Crippen LogP) is 3.26. The fourth-order valence-electron chi connectivity index (χ4n) is 1.94. The van der Waals surface area contributed by atoms with Gasteiger partial charge in [0.2, 0.25) is 0 Å². The third kappa shape index (κ3) is 5.21. The summed E-state index contributed by atoms with van der Waals surface area (Å²) >= 11 is 0. The van der Waals surface area contributed by atoms with Gasteiger partial charge in [0.25, 0.3) is 5.91 Å². The van der Waals surface area contributed by atoms with E-state index in [1.165, 1.54) is 36.4 Å². The minimum Gasteiger partial charge on any atom is -0.507 e. The van der Waals surface area contributed by atoms with E-state index < -0.39 is 12.3 Å². The summed E-state index contributed by atoms with van der Waals surface area (Å²) in [5.41, 5.74) is 0.915. The van der Waals surface area contributed by atoms with E-state index in [1.54, 1.807) is 12.1 Å². The molecule has 0 aliphatic heterocycles. The summed E-state index contributed by atoms with van der Waals surface area (Å²) in [5.74, 6) is -0.821. The molecule has 4 nitrogen and oxygen atoms in total. The summed E-state index contributed by atoms with van der Waals surface area (Å²) in [4.78, 5) is 11.9. The molecule has 0 unspecified atom stereocenters. The average molecular weight is 325 g/mol. The van der Waals surface area contributed by atoms with Crippen LogP contribution < -0.4 is 10.1 Å². The van der Waals surface area contributed by atoms with Crippen LogP contribution in [0.2, 0.25) is 0 Å². The first kappa shape index (κ1) is 16.7. The molecule has 2 rings (SSSR count). The van der Waals surface area contributed by atoms with Crippen LogP contribution in [0.5, 0.6) is 11.5 Å². The van der Waals surface area contributed by atoms with E-state index in [1.807, 2.05) is 0 Å². The van der Waals surface area contributed by atoms with Crippen LogP contribution in [-0.2, 0) is 6.42 Å². The molecule has 0 aliphatic rings. The number of rotatable bonds is 5. The van der Waals surface area contributed by atoms with Crippen molar-refractivity contribution in [1.29, 1.82) is 0 Å². The van der Waals surface area contributed by atoms with Crippen molar-refractivity contribution in [1.82, 2.24) is 5.32 Å². The van der Waals surface area contributed by atoms with Gasteiger partial charge in [-0.3, -0.25) is 4.79 Å². The smallest absolute Gasteiger partial charge is 0.507 e. The molecule has 0 saturated carbocycles. The summed E-state index contributed by atoms with van der Waals surface area (Å²) in [6.45, 7) is 0.284. The van der Waals surface area contributed by atoms with Crippen LogP contribution in [0.1, 0.15) is 15.9 Å². The number of alkyl halides is 3. The molecule has 0 spiro atoms. The van der Waals surface area contributed by atoms with Gasteiger partial charge in [-0.2, -0.15) is 0 Å². The lowest BCUT2D eigenvalue weighted by molar-refractivity contribution is -0.274. The van der Waals surface area contributed by atoms with E-state index in [4.69, 9.17) is 0 Å². The van der Waals surface area contributed by atoms with E-state index in [-0.39, 0.29) is 23.6 Å². The SMILES string of the molecule is O=C(NCCc1ccc(OC(F)(F)F)cc1)c1ccccc1O. The van der Waals surface area contributed by atoms with Crippen LogP contribution in [0.4, 0.5) is 13.2 Å². The molecule has 0 saturated heterocycles. The topological polar surface area (TPSA) is 58.6 Å². The molecule has 2 N–H and O–H groups in total. The molecule has 7 heteroatoms. The van der Waals surface area contributed by atoms with Crippen molar-refractivity contribution in [2.24, 2.45) is 0 Å². The number of phenolic OH excluding ortho intramolecular Hbond substituents is 1. The second kappa shape index (κ2) is 7.04. The van der Waals surface area contributed by atoms with Gasteiger partial charge in [-0.25, -0.2) is 0 Å². The number of para-hydroxylation sites is 1. The lowest BCUT2D eigenvalue weighted by Gasteiger charge is -2.10. The molecular weight excluding hydrogens is 311 g/mol. The highest BCUT2D eigenvalue weighted by Crippen LogP contribution is 2.22. The van der Waals surface area contributed by atoms with Gasteiger partial charge in [-0.05, 0) is 36.2 Å². The van der Waals surface area contributed by atoms with Crippen LogP contribution in [0.15, 0.2) is 48.5 Å². The third-order valence-electron chi connectivity index (χ3n) is 3.00. The maximum absolute atomic E-state index is 12.0. The summed E-state index contributed by atoms with van der Waals surface area (Å²) in [6, 6.07) is 11.6. The zero-order chi connectivity index (χ0) is 16.9. The first-order valence-electron chi connectivity index (χ1n) is 6.76. The quantitative estimate of drug-likeness (QED) is 0.887. The Labute approximate surface area is 130 Å². The number of aromatic hydroxyl groups is 1. The van der Waals surface area contributed by atoms with E-state index in [9.17, 15) is 23.1 Å². The molecule has 1 amide bonds. The highest BCUT2D eigenvalue weighted by atomic mass is 19.4. The van der Waals surface area contributed by atoms with Gasteiger partial charge in [-0.15, -0.1) is 13.2 Å². The minimum atomic E-state index is -4.72. The lowest BCUT2D eigenvalue weighted by Crippen LogP contribution is -2.25. The van der Waals surface area contributed by atoms with Gasteiger partial charge in [0, 0.05) is 6.54 Å². The summed E-state index contributed by atoms with van der Waals surface area (Å²) in [6.07, 6.45) is -4.28. The molecule has 0 heterocycles. The van der Waals surface area contributed by atoms with Crippen molar-refractivity contribution in [3.05, 3.63) is 59.7 Å². The van der Waals surface area contributed by atoms with Gasteiger partial charge in [0.1, 0.15) is 11.5 Å². The highest BCUT2D eigenvalue weighted by Gasteiger charge is 2.30. The Morgan fingerprint density at radius 2 is 1.74 bits per heavy atom. The zero-order valence-corrected chi connectivity index (χ0v) is 11.9. The maximum Gasteiger partial charge on any atom is 0.573 e. The summed E-state index contributed by atoms with van der Waals surface area (Å²) < 4.78 is 39.9. The van der Waals surface area contributed by atoms with Crippen molar-refractivity contribution in [3.8, 4) is 11.5 Å². The molecule has 0 fully saturated rings. The van der Waals surface area contributed by atoms with E-state index in [0.717, 1.165) is 5.56 Å². The standard InChI is InChI=1S/C16H14F3NO3/c17-16(18,19)23-12-7-5-11(6-8-12)9-10-20-15(22)13-3-1-2-4-14(13)21/h1-8,21H,9-10H2,(H,20,22). The summed E-state index contributed by atoms with van der Waals surface area (Å²) in [5, 5.41) is 12.2. The Morgan fingerprint density at radius 3 is 2.35 bits per heavy atom. The number of hydrogen-bond donors (Lipinski definition) is 2. The average Bonchev–Trinajstić information content (AvgIpc) is 2.48. The van der Waals surface area contributed by atoms with E-state index >= 15 is 0 Å². The second-order valence-electron chi connectivity index (χ2n) is 4.71. The largest absolute Gasteiger partial charge is 0.573 e. The van der Waals surface area contributed by atoms with Crippen LogP contribution in [0.3, 0.4) is 0 Å². The number of ether oxygens (including phenoxy) is 1. The second-order valence-corrected chi connectivity index (χ2v) is 4.71. The fourth-order valence-corrected chi connectivity index (χ4v) is 1.94.